The zero-order chi connectivity index (χ0) is 16.1. The summed E-state index contributed by atoms with van der Waals surface area (Å²) in [5, 5.41) is 0. The number of rotatable bonds is 6. The summed E-state index contributed by atoms with van der Waals surface area (Å²) in [6.07, 6.45) is 0.665. The largest absolute Gasteiger partial charge is 0.459 e. The average Bonchev–Trinajstić information content (AvgIpc) is 2.24. The highest BCUT2D eigenvalue weighted by Crippen LogP contribution is 2.21. The highest BCUT2D eigenvalue weighted by atomic mass is 16.6. The molecule has 21 heavy (non-hydrogen) atoms. The fourth-order valence-electron chi connectivity index (χ4n) is 2.24. The van der Waals surface area contributed by atoms with E-state index in [2.05, 4.69) is 0 Å². The van der Waals surface area contributed by atoms with Gasteiger partial charge in [-0.25, -0.2) is 0 Å². The number of ether oxygens (including phenoxy) is 2. The van der Waals surface area contributed by atoms with E-state index in [1.807, 2.05) is 44.2 Å². The Morgan fingerprint density at radius 1 is 0.952 bits per heavy atom. The van der Waals surface area contributed by atoms with Crippen molar-refractivity contribution in [3.63, 3.8) is 0 Å². The van der Waals surface area contributed by atoms with Gasteiger partial charge in [0.2, 0.25) is 0 Å². The molecule has 4 nitrogen and oxygen atoms in total. The second kappa shape index (κ2) is 6.74. The molecule has 0 aliphatic heterocycles. The fourth-order valence-corrected chi connectivity index (χ4v) is 2.24. The SMILES string of the molecule is CC(=O)OC(C)(C)CC(=O)OC(C)(C)Cc1ccccc1. The molecule has 116 valence electrons. The lowest BCUT2D eigenvalue weighted by molar-refractivity contribution is -0.167. The molecule has 0 radical (unpaired) electrons. The van der Waals surface area contributed by atoms with Gasteiger partial charge in [0.15, 0.2) is 0 Å². The predicted octanol–water partition coefficient (Wildman–Crippen LogP) is 3.28. The number of benzene rings is 1. The van der Waals surface area contributed by atoms with E-state index in [4.69, 9.17) is 9.47 Å². The van der Waals surface area contributed by atoms with Crippen LogP contribution in [0.3, 0.4) is 0 Å². The first-order chi connectivity index (χ1) is 9.60. The topological polar surface area (TPSA) is 52.6 Å². The van der Waals surface area contributed by atoms with Gasteiger partial charge in [-0.2, -0.15) is 0 Å². The summed E-state index contributed by atoms with van der Waals surface area (Å²) in [7, 11) is 0. The minimum atomic E-state index is -0.855. The summed E-state index contributed by atoms with van der Waals surface area (Å²) in [6, 6.07) is 9.86. The molecule has 0 heterocycles. The molecule has 4 heteroatoms. The first kappa shape index (κ1) is 17.2. The number of hydrogen-bond donors (Lipinski definition) is 0. The Labute approximate surface area is 126 Å². The fraction of sp³-hybridized carbons (Fsp3) is 0.529. The lowest BCUT2D eigenvalue weighted by Crippen LogP contribution is -2.36. The summed E-state index contributed by atoms with van der Waals surface area (Å²) in [5.74, 6) is -0.779. The molecule has 1 aromatic rings. The van der Waals surface area contributed by atoms with Crippen molar-refractivity contribution in [2.24, 2.45) is 0 Å². The second-order valence-electron chi connectivity index (χ2n) is 6.43. The van der Waals surface area contributed by atoms with E-state index in [9.17, 15) is 9.59 Å². The number of carbonyl (C=O) groups is 2. The summed E-state index contributed by atoms with van der Waals surface area (Å²) >= 11 is 0. The first-order valence-electron chi connectivity index (χ1n) is 7.05. The van der Waals surface area contributed by atoms with Crippen molar-refractivity contribution in [2.75, 3.05) is 0 Å². The van der Waals surface area contributed by atoms with Crippen molar-refractivity contribution in [3.05, 3.63) is 35.9 Å². The monoisotopic (exact) mass is 292 g/mol. The summed E-state index contributed by atoms with van der Waals surface area (Å²) < 4.78 is 10.6. The molecule has 0 fully saturated rings. The van der Waals surface area contributed by atoms with E-state index >= 15 is 0 Å². The van der Waals surface area contributed by atoms with Crippen LogP contribution in [-0.2, 0) is 25.5 Å². The molecular formula is C17H24O4. The lowest BCUT2D eigenvalue weighted by Gasteiger charge is -2.28. The van der Waals surface area contributed by atoms with E-state index in [0.717, 1.165) is 5.56 Å². The van der Waals surface area contributed by atoms with Crippen molar-refractivity contribution in [1.82, 2.24) is 0 Å². The Hall–Kier alpha value is -1.84. The van der Waals surface area contributed by atoms with Crippen molar-refractivity contribution in [3.8, 4) is 0 Å². The van der Waals surface area contributed by atoms with Crippen molar-refractivity contribution in [2.45, 2.75) is 58.7 Å². The summed E-state index contributed by atoms with van der Waals surface area (Å²) in [6.45, 7) is 8.46. The van der Waals surface area contributed by atoms with E-state index in [1.165, 1.54) is 6.92 Å². The summed E-state index contributed by atoms with van der Waals surface area (Å²) in [4.78, 5) is 23.0. The van der Waals surface area contributed by atoms with Crippen LogP contribution in [0.25, 0.3) is 0 Å². The van der Waals surface area contributed by atoms with Crippen molar-refractivity contribution in [1.29, 1.82) is 0 Å². The van der Waals surface area contributed by atoms with E-state index < -0.39 is 17.2 Å². The normalized spacial score (nSPS) is 11.9. The molecule has 0 saturated carbocycles. The van der Waals surface area contributed by atoms with Gasteiger partial charge >= 0.3 is 11.9 Å². The molecule has 0 aromatic heterocycles. The van der Waals surface area contributed by atoms with E-state index in [1.54, 1.807) is 13.8 Å². The van der Waals surface area contributed by atoms with Crippen LogP contribution >= 0.6 is 0 Å². The van der Waals surface area contributed by atoms with Gasteiger partial charge < -0.3 is 9.47 Å². The highest BCUT2D eigenvalue weighted by Gasteiger charge is 2.30. The Morgan fingerprint density at radius 3 is 2.05 bits per heavy atom. The molecule has 0 saturated heterocycles. The molecule has 0 aliphatic rings. The molecule has 0 atom stereocenters. The molecule has 0 aliphatic carbocycles. The number of esters is 2. The third-order valence-electron chi connectivity index (χ3n) is 2.85. The van der Waals surface area contributed by atoms with Gasteiger partial charge in [0.05, 0.1) is 6.42 Å². The number of hydrogen-bond acceptors (Lipinski definition) is 4. The number of carbonyl (C=O) groups excluding carboxylic acids is 2. The van der Waals surface area contributed by atoms with Crippen LogP contribution in [0, 0.1) is 0 Å². The molecule has 0 bridgehead atoms. The third kappa shape index (κ3) is 6.93. The zero-order valence-electron chi connectivity index (χ0n) is 13.4. The van der Waals surface area contributed by atoms with Crippen LogP contribution in [0.1, 0.15) is 46.6 Å². The maximum atomic E-state index is 12.0. The Balaban J connectivity index is 2.58. The van der Waals surface area contributed by atoms with Gasteiger partial charge in [-0.1, -0.05) is 30.3 Å². The van der Waals surface area contributed by atoms with Crippen LogP contribution in [0.4, 0.5) is 0 Å². The van der Waals surface area contributed by atoms with Gasteiger partial charge in [0, 0.05) is 13.3 Å². The van der Waals surface area contributed by atoms with Crippen molar-refractivity contribution >= 4 is 11.9 Å². The predicted molar refractivity (Wildman–Crippen MR) is 80.8 cm³/mol. The standard InChI is InChI=1S/C17H24O4/c1-13(18)20-17(4,5)12-15(19)21-16(2,3)11-14-9-7-6-8-10-14/h6-10H,11-12H2,1-5H3. The van der Waals surface area contributed by atoms with Gasteiger partial charge in [-0.05, 0) is 33.3 Å². The van der Waals surface area contributed by atoms with Gasteiger partial charge in [-0.15, -0.1) is 0 Å². The molecule has 0 spiro atoms. The minimum Gasteiger partial charge on any atom is -0.459 e. The molecule has 0 unspecified atom stereocenters. The molecular weight excluding hydrogens is 268 g/mol. The molecule has 1 aromatic carbocycles. The van der Waals surface area contributed by atoms with Crippen LogP contribution < -0.4 is 0 Å². The van der Waals surface area contributed by atoms with Gasteiger partial charge in [-0.3, -0.25) is 9.59 Å². The molecule has 0 N–H and O–H groups in total. The van der Waals surface area contributed by atoms with Crippen LogP contribution in [-0.4, -0.2) is 23.1 Å². The maximum Gasteiger partial charge on any atom is 0.310 e. The van der Waals surface area contributed by atoms with Crippen molar-refractivity contribution < 1.29 is 19.1 Å². The quantitative estimate of drug-likeness (QED) is 0.755. The van der Waals surface area contributed by atoms with Crippen LogP contribution in [0.2, 0.25) is 0 Å². The molecule has 0 amide bonds. The maximum absolute atomic E-state index is 12.0. The molecule has 1 rings (SSSR count). The van der Waals surface area contributed by atoms with E-state index in [0.29, 0.717) is 6.42 Å². The Morgan fingerprint density at radius 2 is 1.52 bits per heavy atom. The minimum absolute atomic E-state index is 0.0325. The third-order valence-corrected chi connectivity index (χ3v) is 2.85. The van der Waals surface area contributed by atoms with Gasteiger partial charge in [0.1, 0.15) is 11.2 Å². The highest BCUT2D eigenvalue weighted by molar-refractivity contribution is 5.72. The Bertz CT molecular complexity index is 489. The first-order valence-corrected chi connectivity index (χ1v) is 7.05. The zero-order valence-corrected chi connectivity index (χ0v) is 13.4. The van der Waals surface area contributed by atoms with E-state index in [-0.39, 0.29) is 12.4 Å². The van der Waals surface area contributed by atoms with Gasteiger partial charge in [0.25, 0.3) is 0 Å². The van der Waals surface area contributed by atoms with Crippen LogP contribution in [0.5, 0.6) is 0 Å². The average molecular weight is 292 g/mol. The lowest BCUT2D eigenvalue weighted by atomic mass is 9.98. The Kier molecular flexibility index (Phi) is 5.53. The summed E-state index contributed by atoms with van der Waals surface area (Å²) in [5.41, 5.74) is -0.356. The second-order valence-corrected chi connectivity index (χ2v) is 6.43. The van der Waals surface area contributed by atoms with Crippen LogP contribution in [0.15, 0.2) is 30.3 Å². The smallest absolute Gasteiger partial charge is 0.310 e.